The van der Waals surface area contributed by atoms with Gasteiger partial charge in [0.1, 0.15) is 18.2 Å². The molecule has 2 saturated heterocycles. The first kappa shape index (κ1) is 35.8. The van der Waals surface area contributed by atoms with E-state index in [2.05, 4.69) is 40.7 Å². The predicted octanol–water partition coefficient (Wildman–Crippen LogP) is 7.27. The number of piperazine rings is 1. The maximum absolute atomic E-state index is 13.2. The summed E-state index contributed by atoms with van der Waals surface area (Å²) < 4.78 is 25.6. The van der Waals surface area contributed by atoms with Gasteiger partial charge in [-0.15, -0.1) is 0 Å². The third kappa shape index (κ3) is 9.12. The van der Waals surface area contributed by atoms with Gasteiger partial charge in [0.15, 0.2) is 6.10 Å². The number of anilines is 1. The Hall–Kier alpha value is -3.53. The lowest BCUT2D eigenvalue weighted by atomic mass is 9.82. The smallest absolute Gasteiger partial charge is 0.337 e. The summed E-state index contributed by atoms with van der Waals surface area (Å²) in [6, 6.07) is 14.9. The van der Waals surface area contributed by atoms with Gasteiger partial charge in [0.2, 0.25) is 0 Å². The standard InChI is InChI=1S/C39H53FN4O4/c1-27-33(35(44-18-16-39(6,7)17-19-44)34(28(2)41-27)36(37(45)46)48-38(3,4)5)30-10-14-32(15-11-30)47-25-24-42-20-22-43(23-21-42)26-29-8-12-31(40)13-9-29/h8-15,36H,16-26H2,1-7H3,(H,45,46). The number of aromatic nitrogens is 1. The van der Waals surface area contributed by atoms with Crippen molar-refractivity contribution in [2.24, 2.45) is 5.41 Å². The monoisotopic (exact) mass is 660 g/mol. The van der Waals surface area contributed by atoms with Crippen molar-refractivity contribution < 1.29 is 23.8 Å². The SMILES string of the molecule is Cc1nc(C)c(C(OC(C)(C)C)C(=O)O)c(N2CCC(C)(C)CC2)c1-c1ccc(OCCN2CCN(Cc3ccc(F)cc3)CC2)cc1. The number of aliphatic carboxylic acids is 1. The Bertz CT molecular complexity index is 1530. The first-order valence-corrected chi connectivity index (χ1v) is 17.3. The molecule has 1 unspecified atom stereocenters. The molecule has 0 spiro atoms. The Morgan fingerprint density at radius 2 is 1.52 bits per heavy atom. The summed E-state index contributed by atoms with van der Waals surface area (Å²) >= 11 is 0. The molecule has 0 radical (unpaired) electrons. The molecule has 0 bridgehead atoms. The molecule has 48 heavy (non-hydrogen) atoms. The number of piperidine rings is 1. The zero-order chi connectivity index (χ0) is 34.6. The molecule has 8 nitrogen and oxygen atoms in total. The molecule has 2 aliphatic rings. The topological polar surface area (TPSA) is 78.4 Å². The van der Waals surface area contributed by atoms with Crippen LogP contribution < -0.4 is 9.64 Å². The van der Waals surface area contributed by atoms with Crippen LogP contribution in [0, 0.1) is 25.1 Å². The van der Waals surface area contributed by atoms with Gasteiger partial charge in [-0.25, -0.2) is 9.18 Å². The van der Waals surface area contributed by atoms with E-state index in [1.165, 1.54) is 12.1 Å². The quantitative estimate of drug-likeness (QED) is 0.230. The van der Waals surface area contributed by atoms with Crippen LogP contribution in [0.4, 0.5) is 10.1 Å². The Morgan fingerprint density at radius 3 is 2.10 bits per heavy atom. The van der Waals surface area contributed by atoms with E-state index < -0.39 is 17.7 Å². The number of pyridine rings is 1. The van der Waals surface area contributed by atoms with Crippen molar-refractivity contribution in [1.29, 1.82) is 0 Å². The number of rotatable bonds is 11. The lowest BCUT2D eigenvalue weighted by Gasteiger charge is -2.41. The van der Waals surface area contributed by atoms with E-state index in [0.29, 0.717) is 17.9 Å². The third-order valence-corrected chi connectivity index (χ3v) is 9.57. The van der Waals surface area contributed by atoms with Crippen LogP contribution >= 0.6 is 0 Å². The molecule has 1 N–H and O–H groups in total. The number of aryl methyl sites for hydroxylation is 2. The van der Waals surface area contributed by atoms with Crippen molar-refractivity contribution in [1.82, 2.24) is 14.8 Å². The maximum atomic E-state index is 13.2. The lowest BCUT2D eigenvalue weighted by Crippen LogP contribution is -2.47. The molecule has 3 heterocycles. The fourth-order valence-electron chi connectivity index (χ4n) is 6.78. The number of hydrogen-bond acceptors (Lipinski definition) is 7. The summed E-state index contributed by atoms with van der Waals surface area (Å²) in [5.41, 5.74) is 5.74. The van der Waals surface area contributed by atoms with Gasteiger partial charge in [-0.1, -0.05) is 38.1 Å². The first-order chi connectivity index (χ1) is 22.7. The highest BCUT2D eigenvalue weighted by atomic mass is 19.1. The lowest BCUT2D eigenvalue weighted by molar-refractivity contribution is -0.160. The largest absolute Gasteiger partial charge is 0.492 e. The van der Waals surface area contributed by atoms with Crippen LogP contribution in [0.3, 0.4) is 0 Å². The van der Waals surface area contributed by atoms with E-state index in [1.54, 1.807) is 0 Å². The Labute approximate surface area is 285 Å². The van der Waals surface area contributed by atoms with Crippen LogP contribution in [0.2, 0.25) is 0 Å². The summed E-state index contributed by atoms with van der Waals surface area (Å²) in [4.78, 5) is 24.8. The predicted molar refractivity (Wildman–Crippen MR) is 189 cm³/mol. The van der Waals surface area contributed by atoms with Crippen LogP contribution in [-0.4, -0.2) is 83.9 Å². The van der Waals surface area contributed by atoms with Crippen molar-refractivity contribution in [2.75, 3.05) is 57.3 Å². The zero-order valence-corrected chi connectivity index (χ0v) is 29.8. The van der Waals surface area contributed by atoms with Crippen LogP contribution in [0.15, 0.2) is 48.5 Å². The minimum absolute atomic E-state index is 0.198. The van der Waals surface area contributed by atoms with E-state index in [-0.39, 0.29) is 11.2 Å². The van der Waals surface area contributed by atoms with Gasteiger partial charge >= 0.3 is 5.97 Å². The Kier molecular flexibility index (Phi) is 11.1. The number of ether oxygens (including phenoxy) is 2. The second-order valence-electron chi connectivity index (χ2n) is 15.1. The van der Waals surface area contributed by atoms with Crippen molar-refractivity contribution in [3.05, 3.63) is 76.9 Å². The van der Waals surface area contributed by atoms with Gasteiger partial charge in [-0.2, -0.15) is 0 Å². The summed E-state index contributed by atoms with van der Waals surface area (Å²) in [5.74, 6) is -0.412. The van der Waals surface area contributed by atoms with Crippen molar-refractivity contribution in [3.63, 3.8) is 0 Å². The number of benzene rings is 2. The van der Waals surface area contributed by atoms with E-state index in [4.69, 9.17) is 14.5 Å². The fourth-order valence-corrected chi connectivity index (χ4v) is 6.78. The second-order valence-corrected chi connectivity index (χ2v) is 15.1. The Balaban J connectivity index is 1.30. The molecular formula is C39H53FN4O4. The summed E-state index contributed by atoms with van der Waals surface area (Å²) in [5, 5.41) is 10.4. The molecule has 2 aliphatic heterocycles. The molecule has 1 aromatic heterocycles. The molecule has 5 rings (SSSR count). The zero-order valence-electron chi connectivity index (χ0n) is 29.8. The van der Waals surface area contributed by atoms with Gasteiger partial charge in [-0.05, 0) is 88.3 Å². The molecule has 0 aliphatic carbocycles. The van der Waals surface area contributed by atoms with Crippen molar-refractivity contribution in [2.45, 2.75) is 79.6 Å². The molecule has 3 aromatic rings. The minimum Gasteiger partial charge on any atom is -0.492 e. The van der Waals surface area contributed by atoms with E-state index in [0.717, 1.165) is 99.0 Å². The number of carboxylic acid groups (broad SMARTS) is 1. The van der Waals surface area contributed by atoms with Gasteiger partial charge in [0, 0.05) is 74.9 Å². The summed E-state index contributed by atoms with van der Waals surface area (Å²) in [7, 11) is 0. The van der Waals surface area contributed by atoms with Gasteiger partial charge in [0.25, 0.3) is 0 Å². The number of carbonyl (C=O) groups is 1. The first-order valence-electron chi connectivity index (χ1n) is 17.3. The van der Waals surface area contributed by atoms with Crippen molar-refractivity contribution in [3.8, 4) is 16.9 Å². The second kappa shape index (κ2) is 14.9. The van der Waals surface area contributed by atoms with Gasteiger partial charge in [0.05, 0.1) is 11.3 Å². The van der Waals surface area contributed by atoms with Crippen LogP contribution in [0.5, 0.6) is 5.75 Å². The van der Waals surface area contributed by atoms with Crippen LogP contribution in [0.1, 0.15) is 76.1 Å². The molecule has 260 valence electrons. The van der Waals surface area contributed by atoms with E-state index >= 15 is 0 Å². The highest BCUT2D eigenvalue weighted by molar-refractivity contribution is 5.88. The molecule has 0 amide bonds. The number of carboxylic acids is 1. The van der Waals surface area contributed by atoms with Gasteiger partial charge in [-0.3, -0.25) is 14.8 Å². The minimum atomic E-state index is -1.14. The molecule has 2 aromatic carbocycles. The number of nitrogens with zero attached hydrogens (tertiary/aromatic N) is 4. The molecular weight excluding hydrogens is 607 g/mol. The average Bonchev–Trinajstić information content (AvgIpc) is 3.02. The summed E-state index contributed by atoms with van der Waals surface area (Å²) in [6.45, 7) is 22.0. The molecule has 0 saturated carbocycles. The maximum Gasteiger partial charge on any atom is 0.337 e. The molecule has 9 heteroatoms. The summed E-state index contributed by atoms with van der Waals surface area (Å²) in [6.07, 6.45) is 0.884. The highest BCUT2D eigenvalue weighted by Gasteiger charge is 2.36. The normalized spacial score (nSPS) is 18.1. The number of hydrogen-bond donors (Lipinski definition) is 1. The van der Waals surface area contributed by atoms with Crippen LogP contribution in [0.25, 0.3) is 11.1 Å². The average molecular weight is 661 g/mol. The van der Waals surface area contributed by atoms with E-state index in [9.17, 15) is 14.3 Å². The molecule has 1 atom stereocenters. The number of halogens is 1. The third-order valence-electron chi connectivity index (χ3n) is 9.57. The van der Waals surface area contributed by atoms with E-state index in [1.807, 2.05) is 58.9 Å². The van der Waals surface area contributed by atoms with Crippen LogP contribution in [-0.2, 0) is 16.1 Å². The van der Waals surface area contributed by atoms with Crippen molar-refractivity contribution >= 4 is 11.7 Å². The highest BCUT2D eigenvalue weighted by Crippen LogP contribution is 2.45. The molecule has 2 fully saturated rings. The van der Waals surface area contributed by atoms with Gasteiger partial charge < -0.3 is 19.5 Å². The fraction of sp³-hybridized carbons (Fsp3) is 0.538. The Morgan fingerprint density at radius 1 is 0.917 bits per heavy atom.